The Morgan fingerprint density at radius 1 is 1.27 bits per heavy atom. The molecule has 1 aliphatic heterocycles. The fraction of sp³-hybridized carbons (Fsp3) is 0.238. The van der Waals surface area contributed by atoms with Crippen LogP contribution in [-0.4, -0.2) is 24.5 Å². The molecular formula is C21H22N2O3. The van der Waals surface area contributed by atoms with Gasteiger partial charge in [-0.25, -0.2) is 0 Å². The van der Waals surface area contributed by atoms with Gasteiger partial charge >= 0.3 is 0 Å². The van der Waals surface area contributed by atoms with Gasteiger partial charge in [-0.05, 0) is 31.0 Å². The van der Waals surface area contributed by atoms with Crippen molar-refractivity contribution in [1.82, 2.24) is 0 Å². The molecule has 2 aromatic rings. The average molecular weight is 350 g/mol. The number of fused-ring (bicyclic) bond motifs is 1. The van der Waals surface area contributed by atoms with Crippen LogP contribution in [0.3, 0.4) is 0 Å². The Kier molecular flexibility index (Phi) is 5.37. The Hall–Kier alpha value is -3.08. The molecule has 26 heavy (non-hydrogen) atoms. The minimum absolute atomic E-state index is 0.0586. The number of nitrogens with one attached hydrogen (secondary N) is 1. The third-order valence-electron chi connectivity index (χ3n) is 4.25. The van der Waals surface area contributed by atoms with E-state index in [-0.39, 0.29) is 11.8 Å². The number of carbonyl (C=O) groups is 2. The van der Waals surface area contributed by atoms with Crippen molar-refractivity contribution >= 4 is 23.2 Å². The van der Waals surface area contributed by atoms with E-state index in [0.717, 1.165) is 5.56 Å². The van der Waals surface area contributed by atoms with E-state index >= 15 is 0 Å². The molecule has 2 aromatic carbocycles. The summed E-state index contributed by atoms with van der Waals surface area (Å²) >= 11 is 0. The van der Waals surface area contributed by atoms with Crippen LogP contribution in [0.25, 0.3) is 0 Å². The van der Waals surface area contributed by atoms with Gasteiger partial charge in [0, 0.05) is 24.7 Å². The third kappa shape index (κ3) is 3.94. The average Bonchev–Trinajstić information content (AvgIpc) is 2.64. The first-order valence-corrected chi connectivity index (χ1v) is 8.65. The second kappa shape index (κ2) is 7.87. The lowest BCUT2D eigenvalue weighted by atomic mass is 10.1. The lowest BCUT2D eigenvalue weighted by Crippen LogP contribution is -2.44. The molecule has 5 heteroatoms. The molecule has 5 nitrogen and oxygen atoms in total. The van der Waals surface area contributed by atoms with Gasteiger partial charge in [0.15, 0.2) is 6.10 Å². The van der Waals surface area contributed by atoms with Crippen molar-refractivity contribution in [3.05, 3.63) is 66.7 Å². The molecule has 0 bridgehead atoms. The molecule has 0 spiro atoms. The SMILES string of the molecule is C=CCN1C(=O)C(C)Oc2cc(NC(=O)CCc3ccccc3)ccc21. The molecule has 0 aliphatic carbocycles. The van der Waals surface area contributed by atoms with E-state index in [1.54, 1.807) is 36.1 Å². The van der Waals surface area contributed by atoms with Crippen LogP contribution in [0.4, 0.5) is 11.4 Å². The highest BCUT2D eigenvalue weighted by atomic mass is 16.5. The summed E-state index contributed by atoms with van der Waals surface area (Å²) in [5.74, 6) is 0.425. The highest BCUT2D eigenvalue weighted by molar-refractivity contribution is 6.01. The molecule has 0 aromatic heterocycles. The van der Waals surface area contributed by atoms with Gasteiger partial charge in [0.1, 0.15) is 5.75 Å². The van der Waals surface area contributed by atoms with E-state index in [2.05, 4.69) is 11.9 Å². The normalized spacial score (nSPS) is 15.8. The molecule has 0 saturated heterocycles. The van der Waals surface area contributed by atoms with E-state index in [1.807, 2.05) is 30.3 Å². The molecule has 0 saturated carbocycles. The summed E-state index contributed by atoms with van der Waals surface area (Å²) in [5.41, 5.74) is 2.47. The number of hydrogen-bond acceptors (Lipinski definition) is 3. The minimum Gasteiger partial charge on any atom is -0.479 e. The van der Waals surface area contributed by atoms with E-state index in [9.17, 15) is 9.59 Å². The van der Waals surface area contributed by atoms with Gasteiger partial charge in [-0.1, -0.05) is 36.4 Å². The molecule has 1 aliphatic rings. The monoisotopic (exact) mass is 350 g/mol. The van der Waals surface area contributed by atoms with Crippen LogP contribution >= 0.6 is 0 Å². The summed E-state index contributed by atoms with van der Waals surface area (Å²) in [4.78, 5) is 26.1. The van der Waals surface area contributed by atoms with Crippen LogP contribution in [-0.2, 0) is 16.0 Å². The van der Waals surface area contributed by atoms with Crippen LogP contribution in [0.1, 0.15) is 18.9 Å². The maximum Gasteiger partial charge on any atom is 0.268 e. The Labute approximate surface area is 153 Å². The molecular weight excluding hydrogens is 328 g/mol. The smallest absolute Gasteiger partial charge is 0.268 e. The summed E-state index contributed by atoms with van der Waals surface area (Å²) < 4.78 is 5.70. The lowest BCUT2D eigenvalue weighted by Gasteiger charge is -2.32. The van der Waals surface area contributed by atoms with E-state index in [0.29, 0.717) is 36.5 Å². The van der Waals surface area contributed by atoms with Crippen molar-refractivity contribution in [3.63, 3.8) is 0 Å². The zero-order chi connectivity index (χ0) is 18.5. The first-order valence-electron chi connectivity index (χ1n) is 8.65. The predicted octanol–water partition coefficient (Wildman–Crippen LogP) is 3.56. The predicted molar refractivity (Wildman–Crippen MR) is 102 cm³/mol. The van der Waals surface area contributed by atoms with Crippen molar-refractivity contribution in [2.75, 3.05) is 16.8 Å². The number of rotatable bonds is 6. The molecule has 134 valence electrons. The van der Waals surface area contributed by atoms with Crippen molar-refractivity contribution < 1.29 is 14.3 Å². The quantitative estimate of drug-likeness (QED) is 0.811. The summed E-state index contributed by atoms with van der Waals surface area (Å²) in [6.45, 7) is 5.83. The van der Waals surface area contributed by atoms with Gasteiger partial charge in [0.05, 0.1) is 5.69 Å². The fourth-order valence-electron chi connectivity index (χ4n) is 2.93. The van der Waals surface area contributed by atoms with Crippen LogP contribution in [0.15, 0.2) is 61.2 Å². The Morgan fingerprint density at radius 2 is 2.04 bits per heavy atom. The van der Waals surface area contributed by atoms with Crippen molar-refractivity contribution in [2.45, 2.75) is 25.9 Å². The molecule has 1 N–H and O–H groups in total. The summed E-state index contributed by atoms with van der Waals surface area (Å²) in [5, 5.41) is 2.89. The molecule has 0 fully saturated rings. The van der Waals surface area contributed by atoms with Gasteiger partial charge in [0.2, 0.25) is 5.91 Å². The number of anilines is 2. The second-order valence-electron chi connectivity index (χ2n) is 6.21. The summed E-state index contributed by atoms with van der Waals surface area (Å²) in [6.07, 6.45) is 2.21. The Balaban J connectivity index is 1.68. The van der Waals surface area contributed by atoms with Gasteiger partial charge in [-0.15, -0.1) is 6.58 Å². The number of ether oxygens (including phenoxy) is 1. The molecule has 2 amide bonds. The highest BCUT2D eigenvalue weighted by Crippen LogP contribution is 2.36. The third-order valence-corrected chi connectivity index (χ3v) is 4.25. The minimum atomic E-state index is -0.563. The number of hydrogen-bond donors (Lipinski definition) is 1. The van der Waals surface area contributed by atoms with Gasteiger partial charge in [-0.3, -0.25) is 9.59 Å². The summed E-state index contributed by atoms with van der Waals surface area (Å²) in [7, 11) is 0. The maximum absolute atomic E-state index is 12.2. The number of nitrogens with zero attached hydrogens (tertiary/aromatic N) is 1. The van der Waals surface area contributed by atoms with Gasteiger partial charge in [0.25, 0.3) is 5.91 Å². The van der Waals surface area contributed by atoms with E-state index in [4.69, 9.17) is 4.74 Å². The molecule has 0 radical (unpaired) electrons. The number of aryl methyl sites for hydroxylation is 1. The summed E-state index contributed by atoms with van der Waals surface area (Å²) in [6, 6.07) is 15.2. The Bertz CT molecular complexity index is 817. The Morgan fingerprint density at radius 3 is 2.77 bits per heavy atom. The van der Waals surface area contributed by atoms with E-state index < -0.39 is 6.10 Å². The molecule has 1 unspecified atom stereocenters. The van der Waals surface area contributed by atoms with Crippen molar-refractivity contribution in [3.8, 4) is 5.75 Å². The topological polar surface area (TPSA) is 58.6 Å². The van der Waals surface area contributed by atoms with Crippen molar-refractivity contribution in [1.29, 1.82) is 0 Å². The second-order valence-corrected chi connectivity index (χ2v) is 6.21. The van der Waals surface area contributed by atoms with Crippen molar-refractivity contribution in [2.24, 2.45) is 0 Å². The fourth-order valence-corrected chi connectivity index (χ4v) is 2.93. The zero-order valence-corrected chi connectivity index (χ0v) is 14.8. The van der Waals surface area contributed by atoms with Crippen LogP contribution in [0, 0.1) is 0 Å². The molecule has 3 rings (SSSR count). The van der Waals surface area contributed by atoms with Gasteiger partial charge in [-0.2, -0.15) is 0 Å². The maximum atomic E-state index is 12.2. The van der Waals surface area contributed by atoms with Crippen LogP contribution in [0.5, 0.6) is 5.75 Å². The zero-order valence-electron chi connectivity index (χ0n) is 14.8. The van der Waals surface area contributed by atoms with Crippen LogP contribution < -0.4 is 15.0 Å². The highest BCUT2D eigenvalue weighted by Gasteiger charge is 2.30. The van der Waals surface area contributed by atoms with E-state index in [1.165, 1.54) is 0 Å². The molecule has 1 atom stereocenters. The largest absolute Gasteiger partial charge is 0.479 e. The van der Waals surface area contributed by atoms with Gasteiger partial charge < -0.3 is 15.0 Å². The standard InChI is InChI=1S/C21H22N2O3/c1-3-13-23-18-11-10-17(14-19(18)26-15(2)21(23)25)22-20(24)12-9-16-7-5-4-6-8-16/h3-8,10-11,14-15H,1,9,12-13H2,2H3,(H,22,24). The number of amides is 2. The molecule has 1 heterocycles. The number of carbonyl (C=O) groups excluding carboxylic acids is 2. The number of benzene rings is 2. The van der Waals surface area contributed by atoms with Crippen LogP contribution in [0.2, 0.25) is 0 Å². The lowest BCUT2D eigenvalue weighted by molar-refractivity contribution is -0.125. The first-order chi connectivity index (χ1) is 12.6. The first kappa shape index (κ1) is 17.7.